The molecular weight excluding hydrogens is 256 g/mol. The third-order valence-electron chi connectivity index (χ3n) is 5.09. The van der Waals surface area contributed by atoms with E-state index >= 15 is 0 Å². The van der Waals surface area contributed by atoms with Crippen molar-refractivity contribution >= 4 is 10.9 Å². The normalized spacial score (nSPS) is 15.9. The Morgan fingerprint density at radius 2 is 1.86 bits per heavy atom. The molecule has 2 heteroatoms. The van der Waals surface area contributed by atoms with Crippen LogP contribution in [0, 0.1) is 6.92 Å². The number of rotatable bonds is 0. The first-order valence-corrected chi connectivity index (χ1v) is 7.97. The number of aromatic nitrogens is 2. The number of hydrogen-bond donors (Lipinski definition) is 0. The zero-order valence-electron chi connectivity index (χ0n) is 12.4. The van der Waals surface area contributed by atoms with Crippen LogP contribution in [0.1, 0.15) is 35.1 Å². The van der Waals surface area contributed by atoms with Crippen LogP contribution in [0.3, 0.4) is 0 Å². The fourth-order valence-corrected chi connectivity index (χ4v) is 4.12. The quantitative estimate of drug-likeness (QED) is 0.435. The average molecular weight is 275 g/mol. The maximum atomic E-state index is 2.45. The van der Waals surface area contributed by atoms with Gasteiger partial charge in [-0.25, -0.2) is 0 Å². The average Bonchev–Trinajstić information content (AvgIpc) is 3.01. The van der Waals surface area contributed by atoms with Crippen molar-refractivity contribution < 1.29 is 4.68 Å². The lowest BCUT2D eigenvalue weighted by molar-refractivity contribution is -0.749. The molecule has 0 saturated heterocycles. The van der Waals surface area contributed by atoms with Gasteiger partial charge in [0.2, 0.25) is 6.20 Å². The molecule has 1 aromatic heterocycles. The summed E-state index contributed by atoms with van der Waals surface area (Å²) in [5.41, 5.74) is 8.82. The fourth-order valence-electron chi connectivity index (χ4n) is 4.12. The SMILES string of the molecule is Cc1ccc2c(c1)c[n+]1n2-c2c(ccc3c2CCCC3)C1. The van der Waals surface area contributed by atoms with Crippen LogP contribution >= 0.6 is 0 Å². The van der Waals surface area contributed by atoms with Crippen LogP contribution in [0.4, 0.5) is 0 Å². The van der Waals surface area contributed by atoms with E-state index in [1.54, 1.807) is 11.1 Å². The Balaban J connectivity index is 1.85. The van der Waals surface area contributed by atoms with Crippen molar-refractivity contribution in [2.45, 2.75) is 39.2 Å². The molecule has 0 radical (unpaired) electrons. The Labute approximate surface area is 124 Å². The van der Waals surface area contributed by atoms with Crippen LogP contribution in [0.15, 0.2) is 36.5 Å². The van der Waals surface area contributed by atoms with Crippen molar-refractivity contribution in [2.24, 2.45) is 0 Å². The predicted molar refractivity (Wildman–Crippen MR) is 84.0 cm³/mol. The van der Waals surface area contributed by atoms with Crippen molar-refractivity contribution in [3.63, 3.8) is 0 Å². The molecule has 3 aromatic rings. The maximum absolute atomic E-state index is 2.45. The first kappa shape index (κ1) is 11.6. The second-order valence-corrected chi connectivity index (χ2v) is 6.52. The smallest absolute Gasteiger partial charge is 0.119 e. The van der Waals surface area contributed by atoms with Crippen molar-refractivity contribution in [1.29, 1.82) is 0 Å². The Hall–Kier alpha value is -2.09. The summed E-state index contributed by atoms with van der Waals surface area (Å²) in [5.74, 6) is 0. The standard InChI is InChI=1S/C19H19N2/c1-13-6-9-18-16(10-13)12-20-11-15-8-7-14-4-2-3-5-17(14)19(15)21(18)20/h6-10,12H,2-5,11H2,1H3/q+1. The van der Waals surface area contributed by atoms with Crippen LogP contribution in [0.5, 0.6) is 0 Å². The van der Waals surface area contributed by atoms with Gasteiger partial charge in [0.05, 0.1) is 5.39 Å². The summed E-state index contributed by atoms with van der Waals surface area (Å²) in [6, 6.07) is 11.5. The monoisotopic (exact) mass is 275 g/mol. The minimum Gasteiger partial charge on any atom is -0.119 e. The topological polar surface area (TPSA) is 8.81 Å². The second-order valence-electron chi connectivity index (χ2n) is 6.52. The van der Waals surface area contributed by atoms with Crippen LogP contribution in [-0.2, 0) is 19.4 Å². The highest BCUT2D eigenvalue weighted by molar-refractivity contribution is 5.81. The van der Waals surface area contributed by atoms with Gasteiger partial charge in [0.15, 0.2) is 6.54 Å². The van der Waals surface area contributed by atoms with Crippen LogP contribution < -0.4 is 4.68 Å². The molecule has 2 aliphatic rings. The van der Waals surface area contributed by atoms with Gasteiger partial charge in [-0.1, -0.05) is 17.7 Å². The third-order valence-corrected chi connectivity index (χ3v) is 5.09. The molecule has 5 rings (SSSR count). The Kier molecular flexibility index (Phi) is 2.19. The van der Waals surface area contributed by atoms with Gasteiger partial charge in [0.25, 0.3) is 0 Å². The van der Waals surface area contributed by atoms with E-state index in [1.165, 1.54) is 53.4 Å². The number of hydrogen-bond acceptors (Lipinski definition) is 0. The minimum absolute atomic E-state index is 1.01. The first-order chi connectivity index (χ1) is 10.3. The zero-order valence-corrected chi connectivity index (χ0v) is 12.4. The van der Waals surface area contributed by atoms with Gasteiger partial charge in [-0.05, 0) is 61.9 Å². The molecule has 2 heterocycles. The first-order valence-electron chi connectivity index (χ1n) is 7.97. The van der Waals surface area contributed by atoms with Gasteiger partial charge in [-0.15, -0.1) is 9.36 Å². The van der Waals surface area contributed by atoms with E-state index in [2.05, 4.69) is 52.8 Å². The van der Waals surface area contributed by atoms with Crippen LogP contribution in [-0.4, -0.2) is 4.68 Å². The van der Waals surface area contributed by atoms with Gasteiger partial charge >= 0.3 is 0 Å². The molecule has 0 spiro atoms. The Bertz CT molecular complexity index is 886. The molecule has 2 nitrogen and oxygen atoms in total. The third kappa shape index (κ3) is 1.50. The number of benzene rings is 2. The minimum atomic E-state index is 1.01. The molecule has 2 aromatic carbocycles. The highest BCUT2D eigenvalue weighted by Gasteiger charge is 2.31. The number of aryl methyl sites for hydroxylation is 2. The van der Waals surface area contributed by atoms with Gasteiger partial charge in [0.1, 0.15) is 11.2 Å². The highest BCUT2D eigenvalue weighted by Crippen LogP contribution is 2.33. The largest absolute Gasteiger partial charge is 0.204 e. The van der Waals surface area contributed by atoms with E-state index in [1.807, 2.05) is 0 Å². The summed E-state index contributed by atoms with van der Waals surface area (Å²) in [5, 5.41) is 1.36. The summed E-state index contributed by atoms with van der Waals surface area (Å²) in [6.07, 6.45) is 7.47. The molecule has 0 atom stereocenters. The summed E-state index contributed by atoms with van der Waals surface area (Å²) in [7, 11) is 0. The summed E-state index contributed by atoms with van der Waals surface area (Å²) >= 11 is 0. The molecule has 0 amide bonds. The molecule has 0 fully saturated rings. The maximum Gasteiger partial charge on any atom is 0.204 e. The van der Waals surface area contributed by atoms with Crippen molar-refractivity contribution in [2.75, 3.05) is 0 Å². The Morgan fingerprint density at radius 3 is 2.81 bits per heavy atom. The summed E-state index contributed by atoms with van der Waals surface area (Å²) in [6.45, 7) is 3.18. The van der Waals surface area contributed by atoms with Gasteiger partial charge in [-0.2, -0.15) is 0 Å². The summed E-state index contributed by atoms with van der Waals surface area (Å²) < 4.78 is 4.83. The molecule has 1 aliphatic carbocycles. The molecule has 0 bridgehead atoms. The summed E-state index contributed by atoms with van der Waals surface area (Å²) in [4.78, 5) is 0. The van der Waals surface area contributed by atoms with E-state index < -0.39 is 0 Å². The molecule has 0 N–H and O–H groups in total. The molecule has 0 unspecified atom stereocenters. The van der Waals surface area contributed by atoms with E-state index in [-0.39, 0.29) is 0 Å². The lowest BCUT2D eigenvalue weighted by Gasteiger charge is -2.17. The zero-order chi connectivity index (χ0) is 14.0. The lowest BCUT2D eigenvalue weighted by Crippen LogP contribution is -2.36. The molecule has 104 valence electrons. The van der Waals surface area contributed by atoms with E-state index in [0.29, 0.717) is 0 Å². The van der Waals surface area contributed by atoms with Gasteiger partial charge < -0.3 is 0 Å². The van der Waals surface area contributed by atoms with E-state index in [9.17, 15) is 0 Å². The molecular formula is C19H19N2+. The molecule has 1 aliphatic heterocycles. The van der Waals surface area contributed by atoms with Crippen molar-refractivity contribution in [3.05, 3.63) is 58.8 Å². The van der Waals surface area contributed by atoms with Crippen molar-refractivity contribution in [1.82, 2.24) is 4.68 Å². The van der Waals surface area contributed by atoms with Crippen LogP contribution in [0.25, 0.3) is 16.6 Å². The van der Waals surface area contributed by atoms with Gasteiger partial charge in [0, 0.05) is 5.56 Å². The van der Waals surface area contributed by atoms with Gasteiger partial charge in [-0.3, -0.25) is 0 Å². The van der Waals surface area contributed by atoms with Crippen LogP contribution in [0.2, 0.25) is 0 Å². The van der Waals surface area contributed by atoms with Crippen molar-refractivity contribution in [3.8, 4) is 5.69 Å². The number of fused-ring (bicyclic) bond motifs is 7. The van der Waals surface area contributed by atoms with E-state index in [4.69, 9.17) is 0 Å². The predicted octanol–water partition coefficient (Wildman–Crippen LogP) is 3.47. The second kappa shape index (κ2) is 3.97. The number of nitrogens with zero attached hydrogens (tertiary/aromatic N) is 2. The Morgan fingerprint density at radius 1 is 1.00 bits per heavy atom. The lowest BCUT2D eigenvalue weighted by atomic mass is 9.89. The molecule has 0 saturated carbocycles. The highest BCUT2D eigenvalue weighted by atomic mass is 15.4. The fraction of sp³-hybridized carbons (Fsp3) is 0.316. The molecule has 21 heavy (non-hydrogen) atoms. The van der Waals surface area contributed by atoms with E-state index in [0.717, 1.165) is 6.54 Å².